The number of aromatic nitrogens is 1. The van der Waals surface area contributed by atoms with Crippen LogP contribution in [0.3, 0.4) is 0 Å². The molecular weight excluding hydrogens is 246 g/mol. The molecule has 2 aromatic heterocycles. The van der Waals surface area contributed by atoms with E-state index >= 15 is 0 Å². The molecule has 5 heteroatoms. The summed E-state index contributed by atoms with van der Waals surface area (Å²) in [5, 5.41) is 6.03. The standard InChI is InChI=1S/C13H19N3OS/c1-10(2)16(9-13-4-3-5-18-13)8-12-6-11(7-14)15-17-12/h3-6,10H,7-9,14H2,1-2H3. The Hall–Kier alpha value is -1.17. The molecule has 0 aliphatic heterocycles. The number of hydrogen-bond acceptors (Lipinski definition) is 5. The molecule has 98 valence electrons. The Balaban J connectivity index is 2.02. The fraction of sp³-hybridized carbons (Fsp3) is 0.462. The second kappa shape index (κ2) is 6.13. The van der Waals surface area contributed by atoms with Crippen molar-refractivity contribution in [1.82, 2.24) is 10.1 Å². The summed E-state index contributed by atoms with van der Waals surface area (Å²) in [5.74, 6) is 0.876. The fourth-order valence-corrected chi connectivity index (χ4v) is 2.48. The van der Waals surface area contributed by atoms with E-state index in [1.807, 2.05) is 6.07 Å². The smallest absolute Gasteiger partial charge is 0.151 e. The van der Waals surface area contributed by atoms with E-state index < -0.39 is 0 Å². The summed E-state index contributed by atoms with van der Waals surface area (Å²) in [6, 6.07) is 6.63. The van der Waals surface area contributed by atoms with Gasteiger partial charge in [-0.3, -0.25) is 4.90 Å². The summed E-state index contributed by atoms with van der Waals surface area (Å²) in [4.78, 5) is 3.72. The van der Waals surface area contributed by atoms with Gasteiger partial charge in [-0.25, -0.2) is 0 Å². The van der Waals surface area contributed by atoms with Crippen molar-refractivity contribution in [3.63, 3.8) is 0 Å². The zero-order valence-corrected chi connectivity index (χ0v) is 11.6. The molecule has 0 saturated carbocycles. The van der Waals surface area contributed by atoms with E-state index in [2.05, 4.69) is 41.4 Å². The lowest BCUT2D eigenvalue weighted by atomic mass is 10.2. The van der Waals surface area contributed by atoms with Crippen LogP contribution in [0.5, 0.6) is 0 Å². The van der Waals surface area contributed by atoms with Crippen molar-refractivity contribution in [3.05, 3.63) is 39.9 Å². The molecule has 0 unspecified atom stereocenters. The molecule has 0 aliphatic rings. The highest BCUT2D eigenvalue weighted by Gasteiger charge is 2.14. The summed E-state index contributed by atoms with van der Waals surface area (Å²) in [6.07, 6.45) is 0. The van der Waals surface area contributed by atoms with Crippen LogP contribution in [0.15, 0.2) is 28.1 Å². The first-order valence-electron chi connectivity index (χ1n) is 6.10. The third-order valence-corrected chi connectivity index (χ3v) is 3.71. The van der Waals surface area contributed by atoms with Crippen molar-refractivity contribution in [3.8, 4) is 0 Å². The van der Waals surface area contributed by atoms with Crippen molar-refractivity contribution in [2.45, 2.75) is 39.5 Å². The van der Waals surface area contributed by atoms with Crippen LogP contribution in [0.2, 0.25) is 0 Å². The van der Waals surface area contributed by atoms with Crippen LogP contribution >= 0.6 is 11.3 Å². The maximum absolute atomic E-state index is 5.53. The minimum absolute atomic E-state index is 0.427. The van der Waals surface area contributed by atoms with Gasteiger partial charge < -0.3 is 10.3 Å². The molecule has 2 N–H and O–H groups in total. The van der Waals surface area contributed by atoms with Gasteiger partial charge in [0.05, 0.1) is 12.2 Å². The molecular formula is C13H19N3OS. The molecule has 2 rings (SSSR count). The van der Waals surface area contributed by atoms with Crippen molar-refractivity contribution < 1.29 is 4.52 Å². The largest absolute Gasteiger partial charge is 0.360 e. The summed E-state index contributed by atoms with van der Waals surface area (Å²) in [5.41, 5.74) is 6.34. The monoisotopic (exact) mass is 265 g/mol. The molecule has 0 fully saturated rings. The lowest BCUT2D eigenvalue weighted by Gasteiger charge is -2.24. The zero-order chi connectivity index (χ0) is 13.0. The van der Waals surface area contributed by atoms with Crippen molar-refractivity contribution in [1.29, 1.82) is 0 Å². The summed E-state index contributed by atoms with van der Waals surface area (Å²) in [7, 11) is 0. The Bertz CT molecular complexity index is 464. The summed E-state index contributed by atoms with van der Waals surface area (Å²) in [6.45, 7) is 6.51. The normalized spacial score (nSPS) is 11.6. The molecule has 0 atom stereocenters. The van der Waals surface area contributed by atoms with Crippen LogP contribution in [0.1, 0.15) is 30.2 Å². The molecule has 4 nitrogen and oxygen atoms in total. The second-order valence-corrected chi connectivity index (χ2v) is 5.60. The Labute approximate surface area is 111 Å². The average Bonchev–Trinajstić information content (AvgIpc) is 2.99. The molecule has 0 bridgehead atoms. The number of nitrogens with zero attached hydrogens (tertiary/aromatic N) is 2. The highest BCUT2D eigenvalue weighted by molar-refractivity contribution is 7.09. The van der Waals surface area contributed by atoms with Crippen LogP contribution in [0, 0.1) is 0 Å². The lowest BCUT2D eigenvalue weighted by Crippen LogP contribution is -2.29. The van der Waals surface area contributed by atoms with Gasteiger partial charge in [0.15, 0.2) is 5.76 Å². The summed E-state index contributed by atoms with van der Waals surface area (Å²) >= 11 is 1.78. The quantitative estimate of drug-likeness (QED) is 0.872. The summed E-state index contributed by atoms with van der Waals surface area (Å²) < 4.78 is 5.29. The molecule has 2 heterocycles. The van der Waals surface area contributed by atoms with Crippen LogP contribution < -0.4 is 5.73 Å². The third kappa shape index (κ3) is 3.41. The van der Waals surface area contributed by atoms with Crippen molar-refractivity contribution in [2.75, 3.05) is 0 Å². The van der Waals surface area contributed by atoms with E-state index in [-0.39, 0.29) is 0 Å². The Kier molecular flexibility index (Phi) is 4.52. The molecule has 2 aromatic rings. The maximum Gasteiger partial charge on any atom is 0.151 e. The van der Waals surface area contributed by atoms with Crippen LogP contribution in [-0.4, -0.2) is 16.1 Å². The topological polar surface area (TPSA) is 55.3 Å². The number of nitrogens with two attached hydrogens (primary N) is 1. The second-order valence-electron chi connectivity index (χ2n) is 4.57. The van der Waals surface area contributed by atoms with E-state index in [0.717, 1.165) is 24.5 Å². The highest BCUT2D eigenvalue weighted by atomic mass is 32.1. The Morgan fingerprint density at radius 2 is 2.28 bits per heavy atom. The first kappa shape index (κ1) is 13.3. The van der Waals surface area contributed by atoms with Crippen molar-refractivity contribution in [2.24, 2.45) is 5.73 Å². The first-order valence-corrected chi connectivity index (χ1v) is 6.98. The van der Waals surface area contributed by atoms with E-state index in [1.54, 1.807) is 11.3 Å². The van der Waals surface area contributed by atoms with Gasteiger partial charge in [-0.05, 0) is 25.3 Å². The van der Waals surface area contributed by atoms with Crippen molar-refractivity contribution >= 4 is 11.3 Å². The number of hydrogen-bond donors (Lipinski definition) is 1. The Morgan fingerprint density at radius 3 is 2.83 bits per heavy atom. The van der Waals surface area contributed by atoms with Gasteiger partial charge >= 0.3 is 0 Å². The first-order chi connectivity index (χ1) is 8.69. The fourth-order valence-electron chi connectivity index (χ4n) is 1.75. The van der Waals surface area contributed by atoms with Gasteiger partial charge in [0.1, 0.15) is 0 Å². The van der Waals surface area contributed by atoms with Gasteiger partial charge in [-0.2, -0.15) is 0 Å². The molecule has 0 radical (unpaired) electrons. The minimum atomic E-state index is 0.427. The molecule has 0 aliphatic carbocycles. The van der Waals surface area contributed by atoms with Gasteiger partial charge in [0.25, 0.3) is 0 Å². The minimum Gasteiger partial charge on any atom is -0.360 e. The van der Waals surface area contributed by atoms with Gasteiger partial charge in [0.2, 0.25) is 0 Å². The molecule has 0 saturated heterocycles. The van der Waals surface area contributed by atoms with Crippen LogP contribution in [0.25, 0.3) is 0 Å². The molecule has 0 spiro atoms. The highest BCUT2D eigenvalue weighted by Crippen LogP contribution is 2.17. The van der Waals surface area contributed by atoms with E-state index in [1.165, 1.54) is 4.88 Å². The number of rotatable bonds is 6. The third-order valence-electron chi connectivity index (χ3n) is 2.85. The van der Waals surface area contributed by atoms with E-state index in [4.69, 9.17) is 10.3 Å². The predicted octanol–water partition coefficient (Wildman–Crippen LogP) is 2.61. The maximum atomic E-state index is 5.53. The van der Waals surface area contributed by atoms with Gasteiger partial charge in [-0.1, -0.05) is 11.2 Å². The SMILES string of the molecule is CC(C)N(Cc1cc(CN)no1)Cc1cccs1. The van der Waals surface area contributed by atoms with E-state index in [9.17, 15) is 0 Å². The molecule has 0 amide bonds. The van der Waals surface area contributed by atoms with Crippen LogP contribution in [-0.2, 0) is 19.6 Å². The Morgan fingerprint density at radius 1 is 1.44 bits per heavy atom. The molecule has 18 heavy (non-hydrogen) atoms. The lowest BCUT2D eigenvalue weighted by molar-refractivity contribution is 0.181. The van der Waals surface area contributed by atoms with Gasteiger partial charge in [-0.15, -0.1) is 11.3 Å². The van der Waals surface area contributed by atoms with Crippen LogP contribution in [0.4, 0.5) is 0 Å². The predicted molar refractivity (Wildman–Crippen MR) is 73.1 cm³/mol. The van der Waals surface area contributed by atoms with E-state index in [0.29, 0.717) is 12.6 Å². The molecule has 0 aromatic carbocycles. The average molecular weight is 265 g/mol. The zero-order valence-electron chi connectivity index (χ0n) is 10.8. The number of thiophene rings is 1. The van der Waals surface area contributed by atoms with Gasteiger partial charge in [0, 0.05) is 30.1 Å².